The number of fused-ring (bicyclic) bond motifs is 1. The predicted molar refractivity (Wildman–Crippen MR) is 116 cm³/mol. The van der Waals surface area contributed by atoms with Crippen LogP contribution < -0.4 is 16.6 Å². The molecular formula is C22H24ClN3O3. The number of benzene rings is 2. The Morgan fingerprint density at radius 2 is 1.90 bits per heavy atom. The number of nitrogens with zero attached hydrogens (tertiary/aromatic N) is 2. The van der Waals surface area contributed by atoms with E-state index in [0.717, 1.165) is 16.6 Å². The molecule has 1 heterocycles. The SMILES string of the molecule is CCCNC(=O)[C@@H](CC)n1c(=O)n(-c2cccc(C)c2)c(=O)c2ccc(Cl)cc21. The highest BCUT2D eigenvalue weighted by atomic mass is 35.5. The predicted octanol–water partition coefficient (Wildman–Crippen LogP) is 3.59. The fraction of sp³-hybridized carbons (Fsp3) is 0.318. The van der Waals surface area contributed by atoms with Crippen molar-refractivity contribution in [2.24, 2.45) is 0 Å². The topological polar surface area (TPSA) is 73.1 Å². The Hall–Kier alpha value is -2.86. The summed E-state index contributed by atoms with van der Waals surface area (Å²) in [6.07, 6.45) is 1.18. The molecule has 3 aromatic rings. The molecule has 3 rings (SSSR count). The van der Waals surface area contributed by atoms with E-state index in [9.17, 15) is 14.4 Å². The minimum absolute atomic E-state index is 0.257. The number of hydrogen-bond acceptors (Lipinski definition) is 3. The van der Waals surface area contributed by atoms with Crippen molar-refractivity contribution in [3.63, 3.8) is 0 Å². The Labute approximate surface area is 173 Å². The second-order valence-electron chi connectivity index (χ2n) is 7.01. The molecular weight excluding hydrogens is 390 g/mol. The molecule has 0 radical (unpaired) electrons. The van der Waals surface area contributed by atoms with Gasteiger partial charge in [0.2, 0.25) is 5.91 Å². The number of aryl methyl sites for hydroxylation is 1. The molecule has 6 nitrogen and oxygen atoms in total. The molecule has 1 N–H and O–H groups in total. The molecule has 0 aliphatic rings. The molecule has 152 valence electrons. The zero-order valence-corrected chi connectivity index (χ0v) is 17.5. The number of aromatic nitrogens is 2. The van der Waals surface area contributed by atoms with E-state index in [2.05, 4.69) is 5.32 Å². The molecule has 0 aliphatic carbocycles. The first-order valence-electron chi connectivity index (χ1n) is 9.70. The van der Waals surface area contributed by atoms with Crippen molar-refractivity contribution in [3.8, 4) is 5.69 Å². The maximum absolute atomic E-state index is 13.5. The Bertz CT molecular complexity index is 1180. The second-order valence-corrected chi connectivity index (χ2v) is 7.45. The van der Waals surface area contributed by atoms with Gasteiger partial charge in [-0.25, -0.2) is 9.36 Å². The largest absolute Gasteiger partial charge is 0.354 e. The van der Waals surface area contributed by atoms with Gasteiger partial charge in [-0.2, -0.15) is 0 Å². The number of rotatable bonds is 6. The van der Waals surface area contributed by atoms with E-state index in [1.54, 1.807) is 36.4 Å². The zero-order chi connectivity index (χ0) is 21.1. The summed E-state index contributed by atoms with van der Waals surface area (Å²) in [6.45, 7) is 6.20. The number of hydrogen-bond donors (Lipinski definition) is 1. The fourth-order valence-electron chi connectivity index (χ4n) is 3.45. The van der Waals surface area contributed by atoms with E-state index in [0.29, 0.717) is 34.6 Å². The third-order valence-corrected chi connectivity index (χ3v) is 5.10. The summed E-state index contributed by atoms with van der Waals surface area (Å²) >= 11 is 6.16. The summed E-state index contributed by atoms with van der Waals surface area (Å²) in [6, 6.07) is 11.2. The lowest BCUT2D eigenvalue weighted by atomic mass is 10.1. The van der Waals surface area contributed by atoms with Crippen LogP contribution in [-0.2, 0) is 4.79 Å². The average Bonchev–Trinajstić information content (AvgIpc) is 2.69. The maximum Gasteiger partial charge on any atom is 0.336 e. The van der Waals surface area contributed by atoms with Crippen molar-refractivity contribution in [2.45, 2.75) is 39.7 Å². The molecule has 0 saturated heterocycles. The Morgan fingerprint density at radius 3 is 2.55 bits per heavy atom. The van der Waals surface area contributed by atoms with Gasteiger partial charge in [0.05, 0.1) is 16.6 Å². The van der Waals surface area contributed by atoms with Crippen LogP contribution in [0.5, 0.6) is 0 Å². The Morgan fingerprint density at radius 1 is 1.14 bits per heavy atom. The molecule has 29 heavy (non-hydrogen) atoms. The van der Waals surface area contributed by atoms with Crippen LogP contribution in [0, 0.1) is 6.92 Å². The molecule has 0 aliphatic heterocycles. The molecule has 0 spiro atoms. The number of carbonyl (C=O) groups is 1. The van der Waals surface area contributed by atoms with Crippen LogP contribution >= 0.6 is 11.6 Å². The van der Waals surface area contributed by atoms with Crippen LogP contribution in [0.1, 0.15) is 38.3 Å². The van der Waals surface area contributed by atoms with Crippen molar-refractivity contribution >= 4 is 28.4 Å². The quantitative estimate of drug-likeness (QED) is 0.671. The lowest BCUT2D eigenvalue weighted by molar-refractivity contribution is -0.124. The van der Waals surface area contributed by atoms with E-state index in [-0.39, 0.29) is 5.91 Å². The van der Waals surface area contributed by atoms with Gasteiger partial charge in [0.15, 0.2) is 0 Å². The van der Waals surface area contributed by atoms with Crippen molar-refractivity contribution in [2.75, 3.05) is 6.54 Å². The monoisotopic (exact) mass is 413 g/mol. The van der Waals surface area contributed by atoms with Gasteiger partial charge in [0, 0.05) is 11.6 Å². The molecule has 1 amide bonds. The lowest BCUT2D eigenvalue weighted by Gasteiger charge is -2.21. The summed E-state index contributed by atoms with van der Waals surface area (Å²) in [5.74, 6) is -0.257. The fourth-order valence-corrected chi connectivity index (χ4v) is 3.62. The molecule has 0 unspecified atom stereocenters. The number of nitrogens with one attached hydrogen (secondary N) is 1. The van der Waals surface area contributed by atoms with Crippen LogP contribution in [0.2, 0.25) is 5.02 Å². The molecule has 1 atom stereocenters. The van der Waals surface area contributed by atoms with Gasteiger partial charge >= 0.3 is 5.69 Å². The third-order valence-electron chi connectivity index (χ3n) is 4.86. The minimum Gasteiger partial charge on any atom is -0.354 e. The van der Waals surface area contributed by atoms with Crippen LogP contribution in [0.4, 0.5) is 0 Å². The average molecular weight is 414 g/mol. The first kappa shape index (κ1) is 20.9. The normalized spacial score (nSPS) is 12.1. The van der Waals surface area contributed by atoms with Gasteiger partial charge < -0.3 is 5.32 Å². The first-order valence-corrected chi connectivity index (χ1v) is 10.1. The highest BCUT2D eigenvalue weighted by molar-refractivity contribution is 6.31. The highest BCUT2D eigenvalue weighted by Gasteiger charge is 2.25. The molecule has 0 saturated carbocycles. The van der Waals surface area contributed by atoms with Crippen LogP contribution in [0.3, 0.4) is 0 Å². The molecule has 2 aromatic carbocycles. The van der Waals surface area contributed by atoms with E-state index >= 15 is 0 Å². The first-order chi connectivity index (χ1) is 13.9. The summed E-state index contributed by atoms with van der Waals surface area (Å²) in [5, 5.41) is 3.57. The van der Waals surface area contributed by atoms with Crippen LogP contribution in [0.15, 0.2) is 52.1 Å². The van der Waals surface area contributed by atoms with Gasteiger partial charge in [-0.1, -0.05) is 37.6 Å². The van der Waals surface area contributed by atoms with Gasteiger partial charge in [-0.05, 0) is 55.7 Å². The van der Waals surface area contributed by atoms with Crippen LogP contribution in [0.25, 0.3) is 16.6 Å². The van der Waals surface area contributed by atoms with E-state index in [4.69, 9.17) is 11.6 Å². The Kier molecular flexibility index (Phi) is 6.23. The molecule has 0 fully saturated rings. The summed E-state index contributed by atoms with van der Waals surface area (Å²) < 4.78 is 2.51. The van der Waals surface area contributed by atoms with E-state index in [1.807, 2.05) is 26.8 Å². The lowest BCUT2D eigenvalue weighted by Crippen LogP contribution is -2.44. The zero-order valence-electron chi connectivity index (χ0n) is 16.7. The van der Waals surface area contributed by atoms with E-state index < -0.39 is 17.3 Å². The van der Waals surface area contributed by atoms with E-state index in [1.165, 1.54) is 4.57 Å². The molecule has 0 bridgehead atoms. The number of amides is 1. The van der Waals surface area contributed by atoms with Crippen molar-refractivity contribution in [1.82, 2.24) is 14.5 Å². The van der Waals surface area contributed by atoms with Crippen molar-refractivity contribution in [1.29, 1.82) is 0 Å². The smallest absolute Gasteiger partial charge is 0.336 e. The summed E-state index contributed by atoms with van der Waals surface area (Å²) in [4.78, 5) is 39.5. The highest BCUT2D eigenvalue weighted by Crippen LogP contribution is 2.21. The van der Waals surface area contributed by atoms with Crippen molar-refractivity contribution < 1.29 is 4.79 Å². The summed E-state index contributed by atoms with van der Waals surface area (Å²) in [5.41, 5.74) is 0.745. The van der Waals surface area contributed by atoms with Crippen LogP contribution in [-0.4, -0.2) is 21.6 Å². The third kappa shape index (κ3) is 3.98. The number of halogens is 1. The van der Waals surface area contributed by atoms with Gasteiger partial charge in [-0.3, -0.25) is 14.2 Å². The summed E-state index contributed by atoms with van der Waals surface area (Å²) in [7, 11) is 0. The molecule has 1 aromatic heterocycles. The van der Waals surface area contributed by atoms with Gasteiger partial charge in [0.1, 0.15) is 6.04 Å². The maximum atomic E-state index is 13.5. The van der Waals surface area contributed by atoms with Gasteiger partial charge in [-0.15, -0.1) is 0 Å². The molecule has 7 heteroatoms. The second kappa shape index (κ2) is 8.66. The number of carbonyl (C=O) groups excluding carboxylic acids is 1. The standard InChI is InChI=1S/C22H24ClN3O3/c1-4-11-24-20(27)18(5-2)26-19-13-15(23)9-10-17(19)21(28)25(22(26)29)16-8-6-7-14(3)12-16/h6-10,12-13,18H,4-5,11H2,1-3H3,(H,24,27)/t18-/m1/s1. The Balaban J connectivity index is 2.38. The minimum atomic E-state index is -0.758. The van der Waals surface area contributed by atoms with Crippen molar-refractivity contribution in [3.05, 3.63) is 73.9 Å². The van der Waals surface area contributed by atoms with Gasteiger partial charge in [0.25, 0.3) is 5.56 Å².